The van der Waals surface area contributed by atoms with Crippen molar-refractivity contribution in [2.24, 2.45) is 0 Å². The van der Waals surface area contributed by atoms with E-state index in [9.17, 15) is 4.79 Å². The Kier molecular flexibility index (Phi) is 8.04. The van der Waals surface area contributed by atoms with Gasteiger partial charge in [-0.05, 0) is 41.7 Å². The second-order valence-corrected chi connectivity index (χ2v) is 11.6. The number of rotatable bonds is 6. The first-order chi connectivity index (χ1) is 17.6. The first-order valence-electron chi connectivity index (χ1n) is 12.5. The predicted molar refractivity (Wildman–Crippen MR) is 148 cm³/mol. The summed E-state index contributed by atoms with van der Waals surface area (Å²) in [5, 5.41) is 12.5. The molecule has 5 rings (SSSR count). The number of carbonyl (C=O) groups excluding carboxylic acids is 1. The molecule has 4 aliphatic heterocycles. The summed E-state index contributed by atoms with van der Waals surface area (Å²) in [5.74, 6) is 1.86. The van der Waals surface area contributed by atoms with Crippen molar-refractivity contribution in [2.75, 3.05) is 52.5 Å². The van der Waals surface area contributed by atoms with Gasteiger partial charge in [0.15, 0.2) is 0 Å². The number of halogens is 1. The molecule has 36 heavy (non-hydrogen) atoms. The van der Waals surface area contributed by atoms with Gasteiger partial charge >= 0.3 is 0 Å². The number of allylic oxidation sites excluding steroid dienone is 6. The molecule has 5 aliphatic rings. The van der Waals surface area contributed by atoms with Crippen LogP contribution in [0.5, 0.6) is 0 Å². The smallest absolute Gasteiger partial charge is 0.265 e. The number of fused-ring (bicyclic) bond motifs is 1. The summed E-state index contributed by atoms with van der Waals surface area (Å²) in [6.07, 6.45) is 14.9. The van der Waals surface area contributed by atoms with E-state index in [-0.39, 0.29) is 18.1 Å². The molecule has 0 aromatic heterocycles. The zero-order chi connectivity index (χ0) is 24.9. The Bertz CT molecular complexity index is 1130. The number of nitriles is 1. The summed E-state index contributed by atoms with van der Waals surface area (Å²) >= 11 is -0.629. The van der Waals surface area contributed by atoms with Crippen LogP contribution in [0.1, 0.15) is 13.3 Å². The second kappa shape index (κ2) is 11.6. The molecule has 0 aromatic rings. The topological polar surface area (TPSA) is 81.1 Å². The van der Waals surface area contributed by atoms with Crippen molar-refractivity contribution in [1.29, 1.82) is 5.26 Å². The van der Waals surface area contributed by atoms with Crippen LogP contribution in [0, 0.1) is 11.3 Å². The Hall–Kier alpha value is -2.68. The highest BCUT2D eigenvalue weighted by Gasteiger charge is 2.32. The number of ether oxygens (including phenoxy) is 2. The van der Waals surface area contributed by atoms with E-state index in [0.717, 1.165) is 53.5 Å². The van der Waals surface area contributed by atoms with Gasteiger partial charge in [-0.25, -0.2) is 0 Å². The van der Waals surface area contributed by atoms with E-state index in [0.29, 0.717) is 31.9 Å². The fourth-order valence-electron chi connectivity index (χ4n) is 4.94. The number of amides is 1. The molecule has 0 aromatic carbocycles. The van der Waals surface area contributed by atoms with Gasteiger partial charge < -0.3 is 19.7 Å². The summed E-state index contributed by atoms with van der Waals surface area (Å²) < 4.78 is 14.6. The van der Waals surface area contributed by atoms with Crippen LogP contribution in [-0.2, 0) is 14.3 Å². The fraction of sp³-hybridized carbons (Fsp3) is 0.444. The number of hydrogen-bond acceptors (Lipinski definition) is 7. The van der Waals surface area contributed by atoms with E-state index in [4.69, 9.17) is 14.7 Å². The maximum Gasteiger partial charge on any atom is 0.265 e. The fourth-order valence-corrected chi connectivity index (χ4v) is 6.90. The molecular formula is C27H32IN5O3. The summed E-state index contributed by atoms with van der Waals surface area (Å²) in [7, 11) is 0. The molecule has 1 aliphatic carbocycles. The van der Waals surface area contributed by atoms with Gasteiger partial charge in [-0.3, -0.25) is 14.6 Å². The van der Waals surface area contributed by atoms with Crippen LogP contribution in [0.4, 0.5) is 0 Å². The summed E-state index contributed by atoms with van der Waals surface area (Å²) in [5.41, 5.74) is 1.81. The van der Waals surface area contributed by atoms with Gasteiger partial charge in [-0.15, -0.1) is 0 Å². The van der Waals surface area contributed by atoms with Crippen LogP contribution in [0.2, 0.25) is 0 Å². The van der Waals surface area contributed by atoms with Gasteiger partial charge in [0.05, 0.1) is 27.5 Å². The number of nitrogens with zero attached hydrogens (tertiary/aromatic N) is 4. The molecule has 0 radical (unpaired) electrons. The van der Waals surface area contributed by atoms with Crippen LogP contribution in [0.15, 0.2) is 69.0 Å². The SMILES string of the molecule is C[C@H](CN(C(=O)C1=CC=C(C#N)C=I1)C1=CC=CCN1)N1CCN(C2=C3OCCOC3CC=C2)CC1. The van der Waals surface area contributed by atoms with Crippen molar-refractivity contribution in [1.82, 2.24) is 20.0 Å². The molecule has 0 bridgehead atoms. The van der Waals surface area contributed by atoms with E-state index in [2.05, 4.69) is 40.3 Å². The number of piperazine rings is 1. The minimum Gasteiger partial charge on any atom is -0.491 e. The average Bonchev–Trinajstić information content (AvgIpc) is 2.95. The highest BCUT2D eigenvalue weighted by Crippen LogP contribution is 2.29. The molecule has 0 saturated carbocycles. The molecule has 2 atom stereocenters. The van der Waals surface area contributed by atoms with Gasteiger partial charge in [0.1, 0.15) is 24.3 Å². The molecular weight excluding hydrogens is 569 g/mol. The summed E-state index contributed by atoms with van der Waals surface area (Å²) in [4.78, 5) is 20.3. The predicted octanol–water partition coefficient (Wildman–Crippen LogP) is 2.53. The van der Waals surface area contributed by atoms with Crippen molar-refractivity contribution in [3.8, 4) is 6.07 Å². The lowest BCUT2D eigenvalue weighted by molar-refractivity contribution is -0.125. The lowest BCUT2D eigenvalue weighted by Gasteiger charge is -2.42. The first kappa shape index (κ1) is 25.0. The Morgan fingerprint density at radius 1 is 1.25 bits per heavy atom. The van der Waals surface area contributed by atoms with E-state index < -0.39 is 20.7 Å². The maximum atomic E-state index is 13.6. The van der Waals surface area contributed by atoms with E-state index in [1.807, 2.05) is 33.2 Å². The van der Waals surface area contributed by atoms with E-state index in [1.54, 1.807) is 6.08 Å². The van der Waals surface area contributed by atoms with Gasteiger partial charge in [0.2, 0.25) is 0 Å². The van der Waals surface area contributed by atoms with Crippen LogP contribution in [0.3, 0.4) is 0 Å². The number of dihydropyridines is 1. The van der Waals surface area contributed by atoms with Gasteiger partial charge in [0, 0.05) is 45.3 Å². The third-order valence-electron chi connectivity index (χ3n) is 6.92. The zero-order valence-electron chi connectivity index (χ0n) is 20.5. The van der Waals surface area contributed by atoms with Gasteiger partial charge in [-0.1, -0.05) is 39.0 Å². The van der Waals surface area contributed by atoms with Crippen LogP contribution in [0.25, 0.3) is 0 Å². The monoisotopic (exact) mass is 601 g/mol. The molecule has 8 nitrogen and oxygen atoms in total. The maximum absolute atomic E-state index is 13.6. The molecule has 2 saturated heterocycles. The van der Waals surface area contributed by atoms with Crippen molar-refractivity contribution in [2.45, 2.75) is 25.5 Å². The highest BCUT2D eigenvalue weighted by atomic mass is 127. The molecule has 190 valence electrons. The van der Waals surface area contributed by atoms with E-state index in [1.165, 1.54) is 0 Å². The van der Waals surface area contributed by atoms with Crippen LogP contribution >= 0.6 is 20.7 Å². The molecule has 0 spiro atoms. The Morgan fingerprint density at radius 3 is 2.83 bits per heavy atom. The van der Waals surface area contributed by atoms with Crippen molar-refractivity contribution in [3.05, 3.63) is 69.0 Å². The lowest BCUT2D eigenvalue weighted by Crippen LogP contribution is -2.53. The standard InChI is InChI=1S/C27H32IN5O3/c1-20(31-11-13-32(14-12-31)23-5-4-6-24-26(23)36-16-15-35-24)19-33(25-7-2-3-10-30-25)27(34)22-9-8-21(18-29)17-28-22/h2-5,7-9,17,20,24,30H,6,10-16,19H2,1H3/t20-,24?/m1/s1. The lowest BCUT2D eigenvalue weighted by atomic mass is 10.0. The number of nitrogens with one attached hydrogen (secondary N) is 1. The largest absolute Gasteiger partial charge is 0.491 e. The second-order valence-electron chi connectivity index (χ2n) is 9.21. The zero-order valence-corrected chi connectivity index (χ0v) is 22.7. The third-order valence-corrected chi connectivity index (χ3v) is 9.39. The molecule has 2 fully saturated rings. The van der Waals surface area contributed by atoms with Gasteiger partial charge in [0.25, 0.3) is 5.91 Å². The molecule has 4 heterocycles. The molecule has 9 heteroatoms. The van der Waals surface area contributed by atoms with Gasteiger partial charge in [-0.2, -0.15) is 5.26 Å². The molecule has 1 amide bonds. The Morgan fingerprint density at radius 2 is 2.11 bits per heavy atom. The highest BCUT2D eigenvalue weighted by molar-refractivity contribution is 14.2. The van der Waals surface area contributed by atoms with Crippen molar-refractivity contribution in [3.63, 3.8) is 0 Å². The normalized spacial score (nSPS) is 24.7. The minimum atomic E-state index is -0.629. The van der Waals surface area contributed by atoms with Crippen molar-refractivity contribution < 1.29 is 14.3 Å². The van der Waals surface area contributed by atoms with E-state index >= 15 is 0 Å². The van der Waals surface area contributed by atoms with Crippen molar-refractivity contribution >= 4 is 30.6 Å². The summed E-state index contributed by atoms with van der Waals surface area (Å²) in [6.45, 7) is 8.45. The third kappa shape index (κ3) is 5.51. The summed E-state index contributed by atoms with van der Waals surface area (Å²) in [6, 6.07) is 2.37. The first-order valence-corrected chi connectivity index (χ1v) is 14.8. The van der Waals surface area contributed by atoms with Crippen LogP contribution < -0.4 is 5.32 Å². The number of carbonyl (C=O) groups is 1. The quantitative estimate of drug-likeness (QED) is 0.469. The molecule has 1 unspecified atom stereocenters. The van der Waals surface area contributed by atoms with Crippen LogP contribution in [-0.4, -0.2) is 89.2 Å². The Balaban J connectivity index is 1.25. The number of hydrogen-bond donors (Lipinski definition) is 1. The molecule has 1 N–H and O–H groups in total. The minimum absolute atomic E-state index is 0.0339. The Labute approximate surface area is 222 Å². The average molecular weight is 601 g/mol.